The number of carbonyl (C=O) groups is 1. The van der Waals surface area contributed by atoms with E-state index >= 15 is 0 Å². The predicted octanol–water partition coefficient (Wildman–Crippen LogP) is 3.85. The van der Waals surface area contributed by atoms with E-state index < -0.39 is 0 Å². The first-order valence-electron chi connectivity index (χ1n) is 5.82. The number of halogens is 1. The highest BCUT2D eigenvalue weighted by molar-refractivity contribution is 9.10. The topological polar surface area (TPSA) is 54.0 Å². The van der Waals surface area contributed by atoms with Gasteiger partial charge in [-0.05, 0) is 59.3 Å². The zero-order chi connectivity index (χ0) is 13.8. The number of anilines is 3. The monoisotopic (exact) mass is 319 g/mol. The van der Waals surface area contributed by atoms with Crippen LogP contribution in [-0.4, -0.2) is 10.9 Å². The Kier molecular flexibility index (Phi) is 4.16. The lowest BCUT2D eigenvalue weighted by Gasteiger charge is -2.08. The van der Waals surface area contributed by atoms with Crippen molar-refractivity contribution in [1.82, 2.24) is 4.98 Å². The van der Waals surface area contributed by atoms with Crippen molar-refractivity contribution in [3.63, 3.8) is 0 Å². The third-order valence-corrected chi connectivity index (χ3v) is 3.34. The number of benzene rings is 1. The third-order valence-electron chi connectivity index (χ3n) is 2.50. The van der Waals surface area contributed by atoms with E-state index in [0.29, 0.717) is 0 Å². The average Bonchev–Trinajstić information content (AvgIpc) is 2.36. The Morgan fingerprint density at radius 1 is 1.11 bits per heavy atom. The van der Waals surface area contributed by atoms with E-state index in [1.165, 1.54) is 6.92 Å². The van der Waals surface area contributed by atoms with E-state index in [4.69, 9.17) is 0 Å². The van der Waals surface area contributed by atoms with Crippen molar-refractivity contribution < 1.29 is 4.79 Å². The molecule has 0 saturated carbocycles. The van der Waals surface area contributed by atoms with Gasteiger partial charge >= 0.3 is 0 Å². The minimum atomic E-state index is -0.0779. The molecule has 0 bridgehead atoms. The van der Waals surface area contributed by atoms with E-state index in [1.807, 2.05) is 43.3 Å². The van der Waals surface area contributed by atoms with E-state index in [2.05, 4.69) is 31.5 Å². The van der Waals surface area contributed by atoms with Gasteiger partial charge in [0, 0.05) is 22.8 Å². The summed E-state index contributed by atoms with van der Waals surface area (Å²) in [4.78, 5) is 15.3. The maximum absolute atomic E-state index is 10.9. The van der Waals surface area contributed by atoms with E-state index in [1.54, 1.807) is 0 Å². The molecule has 1 heterocycles. The summed E-state index contributed by atoms with van der Waals surface area (Å²) in [6.45, 7) is 3.43. The van der Waals surface area contributed by atoms with E-state index in [0.717, 1.165) is 27.4 Å². The molecule has 0 unspecified atom stereocenters. The number of hydrogen-bond acceptors (Lipinski definition) is 3. The van der Waals surface area contributed by atoms with Gasteiger partial charge in [0.05, 0.1) is 5.69 Å². The van der Waals surface area contributed by atoms with Gasteiger partial charge in [0.25, 0.3) is 0 Å². The minimum Gasteiger partial charge on any atom is -0.340 e. The number of carbonyl (C=O) groups excluding carboxylic acids is 1. The number of nitrogens with one attached hydrogen (secondary N) is 2. The van der Waals surface area contributed by atoms with Crippen LogP contribution < -0.4 is 10.6 Å². The van der Waals surface area contributed by atoms with Crippen LogP contribution in [0.1, 0.15) is 12.6 Å². The molecule has 2 aromatic rings. The SMILES string of the molecule is CC(=O)Nc1ccc(Nc2ccc(Br)c(C)n2)cc1. The number of aromatic nitrogens is 1. The third kappa shape index (κ3) is 3.79. The van der Waals surface area contributed by atoms with Crippen LogP contribution in [0.25, 0.3) is 0 Å². The summed E-state index contributed by atoms with van der Waals surface area (Å²) in [6, 6.07) is 11.3. The van der Waals surface area contributed by atoms with Crippen LogP contribution in [0.3, 0.4) is 0 Å². The number of amides is 1. The Balaban J connectivity index is 2.10. The molecule has 1 aromatic carbocycles. The Morgan fingerprint density at radius 2 is 1.74 bits per heavy atom. The number of nitrogens with zero attached hydrogens (tertiary/aromatic N) is 1. The number of hydrogen-bond donors (Lipinski definition) is 2. The highest BCUT2D eigenvalue weighted by atomic mass is 79.9. The molecule has 4 nitrogen and oxygen atoms in total. The maximum Gasteiger partial charge on any atom is 0.221 e. The number of pyridine rings is 1. The summed E-state index contributed by atoms with van der Waals surface area (Å²) in [7, 11) is 0. The summed E-state index contributed by atoms with van der Waals surface area (Å²) in [5.74, 6) is 0.707. The molecule has 0 aliphatic heterocycles. The molecule has 2 rings (SSSR count). The van der Waals surface area contributed by atoms with Crippen LogP contribution in [0.5, 0.6) is 0 Å². The fraction of sp³-hybridized carbons (Fsp3) is 0.143. The summed E-state index contributed by atoms with van der Waals surface area (Å²) in [6.07, 6.45) is 0. The van der Waals surface area contributed by atoms with Crippen molar-refractivity contribution in [2.24, 2.45) is 0 Å². The van der Waals surface area contributed by atoms with Gasteiger partial charge < -0.3 is 10.6 Å². The number of aryl methyl sites for hydroxylation is 1. The first kappa shape index (κ1) is 13.5. The van der Waals surface area contributed by atoms with Crippen molar-refractivity contribution in [1.29, 1.82) is 0 Å². The molecule has 2 N–H and O–H groups in total. The quantitative estimate of drug-likeness (QED) is 0.903. The minimum absolute atomic E-state index is 0.0779. The molecule has 0 radical (unpaired) electrons. The molecule has 0 atom stereocenters. The molecular formula is C14H14BrN3O. The summed E-state index contributed by atoms with van der Waals surface area (Å²) >= 11 is 3.42. The molecule has 19 heavy (non-hydrogen) atoms. The second-order valence-corrected chi connectivity index (χ2v) is 5.00. The van der Waals surface area contributed by atoms with Gasteiger partial charge in [0.2, 0.25) is 5.91 Å². The highest BCUT2D eigenvalue weighted by Crippen LogP contribution is 2.20. The van der Waals surface area contributed by atoms with Gasteiger partial charge in [0.1, 0.15) is 5.82 Å². The van der Waals surface area contributed by atoms with Crippen LogP contribution in [0.2, 0.25) is 0 Å². The van der Waals surface area contributed by atoms with E-state index in [9.17, 15) is 4.79 Å². The first-order chi connectivity index (χ1) is 9.04. The van der Waals surface area contributed by atoms with Crippen molar-refractivity contribution in [2.45, 2.75) is 13.8 Å². The lowest BCUT2D eigenvalue weighted by Crippen LogP contribution is -2.05. The Morgan fingerprint density at radius 3 is 2.32 bits per heavy atom. The second-order valence-electron chi connectivity index (χ2n) is 4.15. The van der Waals surface area contributed by atoms with Crippen LogP contribution in [0.4, 0.5) is 17.2 Å². The average molecular weight is 320 g/mol. The van der Waals surface area contributed by atoms with Crippen LogP contribution >= 0.6 is 15.9 Å². The molecule has 0 aliphatic rings. The molecule has 1 amide bonds. The van der Waals surface area contributed by atoms with Gasteiger partial charge in [-0.2, -0.15) is 0 Å². The Bertz CT molecular complexity index is 596. The van der Waals surface area contributed by atoms with Crippen LogP contribution in [0, 0.1) is 6.92 Å². The smallest absolute Gasteiger partial charge is 0.221 e. The van der Waals surface area contributed by atoms with Crippen LogP contribution in [-0.2, 0) is 4.79 Å². The molecule has 98 valence electrons. The fourth-order valence-corrected chi connectivity index (χ4v) is 1.82. The Labute approximate surface area is 120 Å². The van der Waals surface area contributed by atoms with Gasteiger partial charge in [-0.25, -0.2) is 4.98 Å². The molecule has 0 fully saturated rings. The maximum atomic E-state index is 10.9. The summed E-state index contributed by atoms with van der Waals surface area (Å²) < 4.78 is 0.985. The molecule has 1 aromatic heterocycles. The van der Waals surface area contributed by atoms with Gasteiger partial charge in [-0.15, -0.1) is 0 Å². The molecular weight excluding hydrogens is 306 g/mol. The highest BCUT2D eigenvalue weighted by Gasteiger charge is 2.00. The van der Waals surface area contributed by atoms with Gasteiger partial charge in [-0.3, -0.25) is 4.79 Å². The normalized spacial score (nSPS) is 10.1. The lowest BCUT2D eigenvalue weighted by molar-refractivity contribution is -0.114. The van der Waals surface area contributed by atoms with Crippen molar-refractivity contribution in [3.8, 4) is 0 Å². The second kappa shape index (κ2) is 5.84. The predicted molar refractivity (Wildman–Crippen MR) is 80.7 cm³/mol. The zero-order valence-electron chi connectivity index (χ0n) is 10.7. The largest absolute Gasteiger partial charge is 0.340 e. The van der Waals surface area contributed by atoms with Crippen molar-refractivity contribution >= 4 is 39.0 Å². The lowest BCUT2D eigenvalue weighted by atomic mass is 10.2. The summed E-state index contributed by atoms with van der Waals surface area (Å²) in [5, 5.41) is 5.93. The molecule has 5 heteroatoms. The van der Waals surface area contributed by atoms with Crippen molar-refractivity contribution in [2.75, 3.05) is 10.6 Å². The molecule has 0 saturated heterocycles. The molecule has 0 aliphatic carbocycles. The number of rotatable bonds is 3. The van der Waals surface area contributed by atoms with Gasteiger partial charge in [0.15, 0.2) is 0 Å². The molecule has 0 spiro atoms. The van der Waals surface area contributed by atoms with Crippen LogP contribution in [0.15, 0.2) is 40.9 Å². The zero-order valence-corrected chi connectivity index (χ0v) is 12.3. The fourth-order valence-electron chi connectivity index (χ4n) is 1.60. The van der Waals surface area contributed by atoms with Gasteiger partial charge in [-0.1, -0.05) is 0 Å². The Hall–Kier alpha value is -1.88. The standard InChI is InChI=1S/C14H14BrN3O/c1-9-13(15)7-8-14(16-9)18-12-5-3-11(4-6-12)17-10(2)19/h3-8H,1-2H3,(H,16,18)(H,17,19). The van der Waals surface area contributed by atoms with E-state index in [-0.39, 0.29) is 5.91 Å². The summed E-state index contributed by atoms with van der Waals surface area (Å²) in [5.41, 5.74) is 2.63. The van der Waals surface area contributed by atoms with Crippen molar-refractivity contribution in [3.05, 3.63) is 46.6 Å². The first-order valence-corrected chi connectivity index (χ1v) is 6.62.